The van der Waals surface area contributed by atoms with Crippen LogP contribution in [0.2, 0.25) is 24.2 Å². The largest absolute Gasteiger partial charge is 0.324 e. The predicted molar refractivity (Wildman–Crippen MR) is 110 cm³/mol. The van der Waals surface area contributed by atoms with Gasteiger partial charge in [-0.2, -0.15) is 0 Å². The first-order valence-corrected chi connectivity index (χ1v) is 12.3. The van der Waals surface area contributed by atoms with Crippen LogP contribution in [0.25, 0.3) is 10.9 Å². The van der Waals surface area contributed by atoms with E-state index in [0.717, 1.165) is 23.1 Å². The average Bonchev–Trinajstić information content (AvgIpc) is 2.65. The van der Waals surface area contributed by atoms with Crippen LogP contribution in [0.15, 0.2) is 36.5 Å². The first-order valence-electron chi connectivity index (χ1n) is 9.48. The van der Waals surface area contributed by atoms with E-state index in [4.69, 9.17) is 0 Å². The van der Waals surface area contributed by atoms with Gasteiger partial charge >= 0.3 is 0 Å². The Labute approximate surface area is 152 Å². The zero-order valence-electron chi connectivity index (χ0n) is 15.8. The SMILES string of the molecule is CC[Si](CC)(CC)CCCNCC(=O)Nc1cccc2ncccc12. The van der Waals surface area contributed by atoms with Gasteiger partial charge in [0.05, 0.1) is 25.8 Å². The number of carbonyl (C=O) groups excluding carboxylic acids is 1. The Kier molecular flexibility index (Phi) is 7.59. The third kappa shape index (κ3) is 5.38. The standard InChI is InChI=1S/C20H31N3OSi/c1-4-25(5-2,6-3)15-9-13-21-16-20(24)23-19-12-7-11-18-17(19)10-8-14-22-18/h7-8,10-12,14,21H,4-6,9,13,15-16H2,1-3H3,(H,23,24). The van der Waals surface area contributed by atoms with Gasteiger partial charge in [-0.3, -0.25) is 9.78 Å². The molecule has 1 aromatic carbocycles. The van der Waals surface area contributed by atoms with Crippen LogP contribution >= 0.6 is 0 Å². The molecule has 25 heavy (non-hydrogen) atoms. The van der Waals surface area contributed by atoms with Crippen LogP contribution in [0.5, 0.6) is 0 Å². The summed E-state index contributed by atoms with van der Waals surface area (Å²) in [5.41, 5.74) is 1.72. The fourth-order valence-corrected chi connectivity index (χ4v) is 6.96. The number of aromatic nitrogens is 1. The van der Waals surface area contributed by atoms with Gasteiger partial charge in [-0.15, -0.1) is 0 Å². The van der Waals surface area contributed by atoms with Gasteiger partial charge in [0, 0.05) is 11.6 Å². The first kappa shape index (κ1) is 19.6. The zero-order chi connectivity index (χ0) is 18.1. The van der Waals surface area contributed by atoms with E-state index in [1.54, 1.807) is 6.20 Å². The number of nitrogens with zero attached hydrogens (tertiary/aromatic N) is 1. The van der Waals surface area contributed by atoms with Crippen molar-refractivity contribution >= 4 is 30.6 Å². The molecule has 0 aliphatic carbocycles. The van der Waals surface area contributed by atoms with Crippen molar-refractivity contribution in [3.05, 3.63) is 36.5 Å². The van der Waals surface area contributed by atoms with Gasteiger partial charge in [-0.05, 0) is 37.2 Å². The van der Waals surface area contributed by atoms with E-state index in [9.17, 15) is 4.79 Å². The van der Waals surface area contributed by atoms with Gasteiger partial charge in [-0.25, -0.2) is 0 Å². The third-order valence-electron chi connectivity index (χ3n) is 5.52. The van der Waals surface area contributed by atoms with E-state index in [-0.39, 0.29) is 5.91 Å². The summed E-state index contributed by atoms with van der Waals surface area (Å²) in [4.78, 5) is 16.5. The average molecular weight is 358 g/mol. The van der Waals surface area contributed by atoms with Gasteiger partial charge in [-0.1, -0.05) is 51.0 Å². The van der Waals surface area contributed by atoms with E-state index >= 15 is 0 Å². The molecule has 136 valence electrons. The fraction of sp³-hybridized carbons (Fsp3) is 0.500. The fourth-order valence-electron chi connectivity index (χ4n) is 3.48. The molecule has 0 aliphatic rings. The van der Waals surface area contributed by atoms with Crippen LogP contribution in [0, 0.1) is 0 Å². The minimum Gasteiger partial charge on any atom is -0.324 e. The normalized spacial score (nSPS) is 11.6. The first-order chi connectivity index (χ1) is 12.1. The molecule has 1 aromatic heterocycles. The molecule has 0 spiro atoms. The lowest BCUT2D eigenvalue weighted by Crippen LogP contribution is -2.33. The third-order valence-corrected chi connectivity index (χ3v) is 11.4. The number of carbonyl (C=O) groups is 1. The van der Waals surface area contributed by atoms with Gasteiger partial charge < -0.3 is 10.6 Å². The zero-order valence-corrected chi connectivity index (χ0v) is 16.8. The highest BCUT2D eigenvalue weighted by molar-refractivity contribution is 6.79. The molecule has 0 unspecified atom stereocenters. The lowest BCUT2D eigenvalue weighted by molar-refractivity contribution is -0.115. The summed E-state index contributed by atoms with van der Waals surface area (Å²) in [6, 6.07) is 15.1. The van der Waals surface area contributed by atoms with E-state index in [2.05, 4.69) is 36.4 Å². The molecule has 4 nitrogen and oxygen atoms in total. The van der Waals surface area contributed by atoms with Crippen LogP contribution in [0.3, 0.4) is 0 Å². The molecule has 0 atom stereocenters. The molecule has 1 heterocycles. The molecule has 0 radical (unpaired) electrons. The highest BCUT2D eigenvalue weighted by atomic mass is 28.3. The second-order valence-electron chi connectivity index (χ2n) is 6.76. The number of pyridine rings is 1. The minimum absolute atomic E-state index is 0.00124. The topological polar surface area (TPSA) is 54.0 Å². The van der Waals surface area contributed by atoms with Gasteiger partial charge in [0.15, 0.2) is 0 Å². The second kappa shape index (κ2) is 9.68. The number of nitrogens with one attached hydrogen (secondary N) is 2. The lowest BCUT2D eigenvalue weighted by atomic mass is 10.2. The molecule has 1 amide bonds. The number of rotatable bonds is 10. The Morgan fingerprint density at radius 2 is 1.84 bits per heavy atom. The van der Waals surface area contributed by atoms with Crippen LogP contribution in [-0.4, -0.2) is 32.1 Å². The summed E-state index contributed by atoms with van der Waals surface area (Å²) in [6.07, 6.45) is 2.94. The summed E-state index contributed by atoms with van der Waals surface area (Å²) < 4.78 is 0. The predicted octanol–water partition coefficient (Wildman–Crippen LogP) is 4.66. The maximum atomic E-state index is 12.2. The molecule has 0 saturated heterocycles. The number of hydrogen-bond acceptors (Lipinski definition) is 3. The lowest BCUT2D eigenvalue weighted by Gasteiger charge is -2.28. The Bertz CT molecular complexity index is 672. The van der Waals surface area contributed by atoms with Crippen molar-refractivity contribution in [2.24, 2.45) is 0 Å². The number of anilines is 1. The maximum absolute atomic E-state index is 12.2. The van der Waals surface area contributed by atoms with Gasteiger partial charge in [0.1, 0.15) is 0 Å². The van der Waals surface area contributed by atoms with Crippen molar-refractivity contribution < 1.29 is 4.79 Å². The Balaban J connectivity index is 1.77. The molecule has 0 saturated carbocycles. The Morgan fingerprint density at radius 3 is 2.56 bits per heavy atom. The van der Waals surface area contributed by atoms with Crippen molar-refractivity contribution in [3.63, 3.8) is 0 Å². The van der Waals surface area contributed by atoms with E-state index < -0.39 is 8.07 Å². The van der Waals surface area contributed by atoms with Crippen LogP contribution < -0.4 is 10.6 Å². The number of fused-ring (bicyclic) bond motifs is 1. The molecule has 2 N–H and O–H groups in total. The molecular weight excluding hydrogens is 326 g/mol. The van der Waals surface area contributed by atoms with Crippen LogP contribution in [0.1, 0.15) is 27.2 Å². The monoisotopic (exact) mass is 357 g/mol. The molecular formula is C20H31N3OSi. The van der Waals surface area contributed by atoms with Crippen molar-refractivity contribution in [1.82, 2.24) is 10.3 Å². The number of amides is 1. The van der Waals surface area contributed by atoms with Crippen molar-refractivity contribution in [2.45, 2.75) is 51.4 Å². The summed E-state index contributed by atoms with van der Waals surface area (Å²) in [7, 11) is -1.03. The number of benzene rings is 1. The minimum atomic E-state index is -1.03. The van der Waals surface area contributed by atoms with Crippen LogP contribution in [0.4, 0.5) is 5.69 Å². The highest BCUT2D eigenvalue weighted by Gasteiger charge is 2.25. The molecule has 2 rings (SSSR count). The smallest absolute Gasteiger partial charge is 0.238 e. The molecule has 0 fully saturated rings. The summed E-state index contributed by atoms with van der Waals surface area (Å²) >= 11 is 0. The van der Waals surface area contributed by atoms with E-state index in [1.807, 2.05) is 30.3 Å². The van der Waals surface area contributed by atoms with Crippen LogP contribution in [-0.2, 0) is 4.79 Å². The maximum Gasteiger partial charge on any atom is 0.238 e. The van der Waals surface area contributed by atoms with Crippen molar-refractivity contribution in [1.29, 1.82) is 0 Å². The number of hydrogen-bond donors (Lipinski definition) is 2. The second-order valence-corrected chi connectivity index (χ2v) is 12.4. The quantitative estimate of drug-likeness (QED) is 0.480. The Hall–Kier alpha value is -1.72. The van der Waals surface area contributed by atoms with Gasteiger partial charge in [0.2, 0.25) is 5.91 Å². The molecule has 2 aromatic rings. The van der Waals surface area contributed by atoms with Crippen molar-refractivity contribution in [3.8, 4) is 0 Å². The Morgan fingerprint density at radius 1 is 1.08 bits per heavy atom. The molecule has 0 aliphatic heterocycles. The summed E-state index contributed by atoms with van der Waals surface area (Å²) in [5, 5.41) is 7.26. The summed E-state index contributed by atoms with van der Waals surface area (Å²) in [5.74, 6) is 0.00124. The summed E-state index contributed by atoms with van der Waals surface area (Å²) in [6.45, 7) is 8.31. The molecule has 5 heteroatoms. The van der Waals surface area contributed by atoms with Crippen molar-refractivity contribution in [2.75, 3.05) is 18.4 Å². The molecule has 0 bridgehead atoms. The van der Waals surface area contributed by atoms with E-state index in [0.29, 0.717) is 6.54 Å². The van der Waals surface area contributed by atoms with Gasteiger partial charge in [0.25, 0.3) is 0 Å². The van der Waals surface area contributed by atoms with E-state index in [1.165, 1.54) is 30.6 Å². The highest BCUT2D eigenvalue weighted by Crippen LogP contribution is 2.26.